The number of aromatic nitrogens is 4. The van der Waals surface area contributed by atoms with E-state index in [-0.39, 0.29) is 0 Å². The summed E-state index contributed by atoms with van der Waals surface area (Å²) in [5, 5.41) is 15.0. The van der Waals surface area contributed by atoms with Gasteiger partial charge in [-0.05, 0) is 5.56 Å². The molecule has 1 N–H and O–H groups in total. The molecule has 0 saturated heterocycles. The van der Waals surface area contributed by atoms with Gasteiger partial charge in [0.05, 0.1) is 5.69 Å². The summed E-state index contributed by atoms with van der Waals surface area (Å²) in [5.41, 5.74) is 3.15. The third kappa shape index (κ3) is 2.47. The Hall–Kier alpha value is -3.05. The monoisotopic (exact) mass is 302 g/mol. The fourth-order valence-electron chi connectivity index (χ4n) is 2.61. The van der Waals surface area contributed by atoms with Gasteiger partial charge in [0.15, 0.2) is 0 Å². The molecule has 5 heteroatoms. The van der Waals surface area contributed by atoms with E-state index in [4.69, 9.17) is 0 Å². The molecule has 0 aliphatic heterocycles. The van der Waals surface area contributed by atoms with Crippen LogP contribution in [0.1, 0.15) is 17.2 Å². The Labute approximate surface area is 132 Å². The van der Waals surface area contributed by atoms with Crippen molar-refractivity contribution in [3.8, 4) is 11.3 Å². The van der Waals surface area contributed by atoms with Crippen molar-refractivity contribution in [2.75, 3.05) is 0 Å². The third-order valence-corrected chi connectivity index (χ3v) is 3.76. The molecule has 2 heterocycles. The summed E-state index contributed by atoms with van der Waals surface area (Å²) >= 11 is 0. The van der Waals surface area contributed by atoms with Crippen molar-refractivity contribution in [1.82, 2.24) is 19.6 Å². The second kappa shape index (κ2) is 5.62. The molecule has 23 heavy (non-hydrogen) atoms. The highest BCUT2D eigenvalue weighted by Gasteiger charge is 2.19. The van der Waals surface area contributed by atoms with Crippen molar-refractivity contribution in [3.05, 3.63) is 84.3 Å². The Morgan fingerprint density at radius 3 is 2.35 bits per heavy atom. The number of aliphatic hydroxyl groups is 1. The molecule has 2 aromatic heterocycles. The summed E-state index contributed by atoms with van der Waals surface area (Å²) in [5.74, 6) is 0.507. The average Bonchev–Trinajstić information content (AvgIpc) is 3.09. The normalized spacial score (nSPS) is 12.4. The highest BCUT2D eigenvalue weighted by molar-refractivity contribution is 5.65. The van der Waals surface area contributed by atoms with E-state index in [0.717, 1.165) is 11.1 Å². The predicted octanol–water partition coefficient (Wildman–Crippen LogP) is 2.87. The van der Waals surface area contributed by atoms with Gasteiger partial charge in [-0.2, -0.15) is 10.1 Å². The first kappa shape index (κ1) is 13.6. The number of benzene rings is 2. The SMILES string of the molecule is OC(c1ccccc1)c1cn2ncnc2nc1-c1ccccc1. The Kier molecular flexibility index (Phi) is 3.33. The summed E-state index contributed by atoms with van der Waals surface area (Å²) in [4.78, 5) is 8.72. The predicted molar refractivity (Wildman–Crippen MR) is 86.7 cm³/mol. The van der Waals surface area contributed by atoms with Crippen molar-refractivity contribution < 1.29 is 5.11 Å². The first-order valence-electron chi connectivity index (χ1n) is 7.31. The molecule has 0 fully saturated rings. The standard InChI is InChI=1S/C18H14N4O/c23-17(14-9-5-2-6-10-14)15-11-22-18(19-12-20-22)21-16(15)13-7-3-1-4-8-13/h1-12,17,23H. The van der Waals surface area contributed by atoms with Gasteiger partial charge in [0.2, 0.25) is 0 Å². The molecule has 0 amide bonds. The molecule has 5 nitrogen and oxygen atoms in total. The van der Waals surface area contributed by atoms with E-state index in [0.29, 0.717) is 17.0 Å². The maximum absolute atomic E-state index is 10.8. The van der Waals surface area contributed by atoms with Crippen LogP contribution in [-0.4, -0.2) is 24.7 Å². The van der Waals surface area contributed by atoms with Crippen LogP contribution in [0, 0.1) is 0 Å². The average molecular weight is 302 g/mol. The van der Waals surface area contributed by atoms with Crippen molar-refractivity contribution in [2.45, 2.75) is 6.10 Å². The van der Waals surface area contributed by atoms with Crippen LogP contribution in [0.5, 0.6) is 0 Å². The van der Waals surface area contributed by atoms with E-state index >= 15 is 0 Å². The molecule has 0 saturated carbocycles. The lowest BCUT2D eigenvalue weighted by atomic mass is 9.98. The maximum Gasteiger partial charge on any atom is 0.252 e. The lowest BCUT2D eigenvalue weighted by Gasteiger charge is -2.15. The number of rotatable bonds is 3. The zero-order valence-corrected chi connectivity index (χ0v) is 12.2. The van der Waals surface area contributed by atoms with E-state index in [1.165, 1.54) is 6.33 Å². The number of fused-ring (bicyclic) bond motifs is 1. The van der Waals surface area contributed by atoms with Crippen molar-refractivity contribution in [1.29, 1.82) is 0 Å². The molecular weight excluding hydrogens is 288 g/mol. The molecule has 0 spiro atoms. The highest BCUT2D eigenvalue weighted by atomic mass is 16.3. The van der Waals surface area contributed by atoms with Gasteiger partial charge in [0.1, 0.15) is 12.4 Å². The van der Waals surface area contributed by atoms with E-state index in [2.05, 4.69) is 15.1 Å². The molecule has 0 aliphatic carbocycles. The number of nitrogens with zero attached hydrogens (tertiary/aromatic N) is 4. The minimum atomic E-state index is -0.785. The van der Waals surface area contributed by atoms with Gasteiger partial charge in [-0.1, -0.05) is 60.7 Å². The lowest BCUT2D eigenvalue weighted by molar-refractivity contribution is 0.220. The molecule has 112 valence electrons. The quantitative estimate of drug-likeness (QED) is 0.632. The van der Waals surface area contributed by atoms with Gasteiger partial charge >= 0.3 is 0 Å². The van der Waals surface area contributed by atoms with Crippen molar-refractivity contribution >= 4 is 5.78 Å². The highest BCUT2D eigenvalue weighted by Crippen LogP contribution is 2.30. The van der Waals surface area contributed by atoms with E-state index in [1.807, 2.05) is 60.7 Å². The van der Waals surface area contributed by atoms with E-state index in [1.54, 1.807) is 10.7 Å². The molecule has 0 bridgehead atoms. The van der Waals surface area contributed by atoms with Gasteiger partial charge in [-0.25, -0.2) is 9.50 Å². The van der Waals surface area contributed by atoms with Gasteiger partial charge in [-0.3, -0.25) is 0 Å². The zero-order valence-electron chi connectivity index (χ0n) is 12.2. The van der Waals surface area contributed by atoms with Crippen molar-refractivity contribution in [3.63, 3.8) is 0 Å². The fourth-order valence-corrected chi connectivity index (χ4v) is 2.61. The molecule has 2 aromatic carbocycles. The minimum Gasteiger partial charge on any atom is -0.384 e. The van der Waals surface area contributed by atoms with Crippen LogP contribution in [0.4, 0.5) is 0 Å². The molecule has 1 atom stereocenters. The Balaban J connectivity index is 1.93. The fraction of sp³-hybridized carbons (Fsp3) is 0.0556. The van der Waals surface area contributed by atoms with Crippen LogP contribution in [-0.2, 0) is 0 Å². The molecular formula is C18H14N4O. The topological polar surface area (TPSA) is 63.3 Å². The van der Waals surface area contributed by atoms with Gasteiger partial charge in [0.25, 0.3) is 5.78 Å². The van der Waals surface area contributed by atoms with Gasteiger partial charge < -0.3 is 5.11 Å². The molecule has 4 rings (SSSR count). The number of aliphatic hydroxyl groups excluding tert-OH is 1. The zero-order chi connectivity index (χ0) is 15.6. The van der Waals surface area contributed by atoms with Crippen LogP contribution < -0.4 is 0 Å². The Bertz CT molecular complexity index is 935. The number of hydrogen-bond acceptors (Lipinski definition) is 4. The van der Waals surface area contributed by atoms with Gasteiger partial charge in [0, 0.05) is 17.3 Å². The lowest BCUT2D eigenvalue weighted by Crippen LogP contribution is -2.07. The first-order valence-corrected chi connectivity index (χ1v) is 7.31. The third-order valence-electron chi connectivity index (χ3n) is 3.76. The number of hydrogen-bond donors (Lipinski definition) is 1. The molecule has 4 aromatic rings. The van der Waals surface area contributed by atoms with E-state index < -0.39 is 6.10 Å². The van der Waals surface area contributed by atoms with Crippen LogP contribution in [0.15, 0.2) is 73.2 Å². The van der Waals surface area contributed by atoms with E-state index in [9.17, 15) is 5.11 Å². The smallest absolute Gasteiger partial charge is 0.252 e. The Morgan fingerprint density at radius 2 is 1.61 bits per heavy atom. The second-order valence-corrected chi connectivity index (χ2v) is 5.23. The Morgan fingerprint density at radius 1 is 0.913 bits per heavy atom. The summed E-state index contributed by atoms with van der Waals surface area (Å²) in [6.45, 7) is 0. The van der Waals surface area contributed by atoms with Crippen LogP contribution >= 0.6 is 0 Å². The molecule has 0 aliphatic rings. The largest absolute Gasteiger partial charge is 0.384 e. The molecule has 0 radical (unpaired) electrons. The van der Waals surface area contributed by atoms with Crippen LogP contribution in [0.2, 0.25) is 0 Å². The second-order valence-electron chi connectivity index (χ2n) is 5.23. The minimum absolute atomic E-state index is 0.507. The van der Waals surface area contributed by atoms with Crippen LogP contribution in [0.3, 0.4) is 0 Å². The van der Waals surface area contributed by atoms with Crippen molar-refractivity contribution in [2.24, 2.45) is 0 Å². The summed E-state index contributed by atoms with van der Waals surface area (Å²) < 4.78 is 1.58. The maximum atomic E-state index is 10.8. The first-order chi connectivity index (χ1) is 11.3. The summed E-state index contributed by atoms with van der Waals surface area (Å²) in [7, 11) is 0. The summed E-state index contributed by atoms with van der Waals surface area (Å²) in [6, 6.07) is 19.3. The molecule has 1 unspecified atom stereocenters. The van der Waals surface area contributed by atoms with Gasteiger partial charge in [-0.15, -0.1) is 0 Å². The summed E-state index contributed by atoms with van der Waals surface area (Å²) in [6.07, 6.45) is 2.46. The van der Waals surface area contributed by atoms with Crippen LogP contribution in [0.25, 0.3) is 17.0 Å².